The molecule has 0 fully saturated rings. The Kier molecular flexibility index (Phi) is 3.66. The standard InChI is InChI=1S/C12H13NO4S/c1-2-3-4-17-11(15)8-5-9-7(6-13-8)10(14)12(16)18-9/h5-6,14,16H,2-4H2,1H3. The van der Waals surface area contributed by atoms with Gasteiger partial charge in [0.05, 0.1) is 12.0 Å². The minimum absolute atomic E-state index is 0.177. The number of aromatic nitrogens is 1. The van der Waals surface area contributed by atoms with Crippen molar-refractivity contribution in [3.05, 3.63) is 18.0 Å². The Hall–Kier alpha value is -1.82. The van der Waals surface area contributed by atoms with Crippen LogP contribution in [0, 0.1) is 0 Å². The van der Waals surface area contributed by atoms with Gasteiger partial charge in [-0.2, -0.15) is 0 Å². The number of ether oxygens (including phenoxy) is 1. The van der Waals surface area contributed by atoms with E-state index in [1.165, 1.54) is 12.3 Å². The van der Waals surface area contributed by atoms with Gasteiger partial charge in [0.1, 0.15) is 5.69 Å². The van der Waals surface area contributed by atoms with Crippen LogP contribution < -0.4 is 0 Å². The van der Waals surface area contributed by atoms with Gasteiger partial charge in [-0.3, -0.25) is 0 Å². The SMILES string of the molecule is CCCCOC(=O)c1cc2sc(O)c(O)c2cn1. The average molecular weight is 267 g/mol. The van der Waals surface area contributed by atoms with Crippen molar-refractivity contribution >= 4 is 27.4 Å². The topological polar surface area (TPSA) is 79.7 Å². The molecule has 0 saturated carbocycles. The van der Waals surface area contributed by atoms with Gasteiger partial charge in [0.15, 0.2) is 5.75 Å². The summed E-state index contributed by atoms with van der Waals surface area (Å²) in [7, 11) is 0. The lowest BCUT2D eigenvalue weighted by molar-refractivity contribution is 0.0493. The molecule has 5 nitrogen and oxygen atoms in total. The van der Waals surface area contributed by atoms with Gasteiger partial charge in [-0.1, -0.05) is 24.7 Å². The minimum atomic E-state index is -0.488. The van der Waals surface area contributed by atoms with Crippen molar-refractivity contribution < 1.29 is 19.7 Å². The van der Waals surface area contributed by atoms with Crippen LogP contribution in [0.25, 0.3) is 10.1 Å². The van der Waals surface area contributed by atoms with E-state index in [0.717, 1.165) is 24.2 Å². The van der Waals surface area contributed by atoms with E-state index in [1.807, 2.05) is 6.92 Å². The maximum Gasteiger partial charge on any atom is 0.356 e. The first-order valence-electron chi connectivity index (χ1n) is 5.61. The molecule has 6 heteroatoms. The third-order valence-corrected chi connectivity index (χ3v) is 3.41. The number of aromatic hydroxyl groups is 2. The van der Waals surface area contributed by atoms with E-state index in [2.05, 4.69) is 4.98 Å². The predicted octanol–water partition coefficient (Wildman–Crippen LogP) is 2.66. The fourth-order valence-corrected chi connectivity index (χ4v) is 2.31. The molecule has 2 N–H and O–H groups in total. The molecule has 2 aromatic heterocycles. The largest absolute Gasteiger partial charge is 0.503 e. The highest BCUT2D eigenvalue weighted by Gasteiger charge is 2.15. The van der Waals surface area contributed by atoms with Gasteiger partial charge >= 0.3 is 5.97 Å². The van der Waals surface area contributed by atoms with Crippen molar-refractivity contribution in [1.82, 2.24) is 4.98 Å². The molecular weight excluding hydrogens is 254 g/mol. The van der Waals surface area contributed by atoms with E-state index in [4.69, 9.17) is 4.74 Å². The number of nitrogens with zero attached hydrogens (tertiary/aromatic N) is 1. The van der Waals surface area contributed by atoms with Gasteiger partial charge in [0.2, 0.25) is 5.06 Å². The summed E-state index contributed by atoms with van der Waals surface area (Å²) in [5.41, 5.74) is 0.180. The van der Waals surface area contributed by atoms with Gasteiger partial charge in [0.25, 0.3) is 0 Å². The number of thiophene rings is 1. The lowest BCUT2D eigenvalue weighted by Gasteiger charge is -2.02. The fraction of sp³-hybridized carbons (Fsp3) is 0.333. The number of hydrogen-bond acceptors (Lipinski definition) is 6. The number of hydrogen-bond donors (Lipinski definition) is 2. The molecule has 96 valence electrons. The molecule has 18 heavy (non-hydrogen) atoms. The van der Waals surface area contributed by atoms with Crippen molar-refractivity contribution in [2.45, 2.75) is 19.8 Å². The Morgan fingerprint density at radius 3 is 3.00 bits per heavy atom. The molecule has 0 saturated heterocycles. The predicted molar refractivity (Wildman–Crippen MR) is 68.1 cm³/mol. The molecule has 2 aromatic rings. The van der Waals surface area contributed by atoms with Crippen molar-refractivity contribution in [1.29, 1.82) is 0 Å². The normalized spacial score (nSPS) is 10.7. The van der Waals surface area contributed by atoms with Crippen LogP contribution in [0.1, 0.15) is 30.3 Å². The summed E-state index contributed by atoms with van der Waals surface area (Å²) >= 11 is 0.996. The molecule has 0 amide bonds. The first-order valence-corrected chi connectivity index (χ1v) is 6.42. The van der Waals surface area contributed by atoms with E-state index in [0.29, 0.717) is 16.7 Å². The van der Waals surface area contributed by atoms with Gasteiger partial charge in [-0.25, -0.2) is 9.78 Å². The molecule has 0 spiro atoms. The first-order chi connectivity index (χ1) is 8.63. The number of carbonyl (C=O) groups is 1. The van der Waals surface area contributed by atoms with Crippen LogP contribution in [0.4, 0.5) is 0 Å². The van der Waals surface area contributed by atoms with Crippen LogP contribution in [0.5, 0.6) is 10.8 Å². The molecule has 0 bridgehead atoms. The lowest BCUT2D eigenvalue weighted by Crippen LogP contribution is -2.07. The fourth-order valence-electron chi connectivity index (χ4n) is 1.46. The van der Waals surface area contributed by atoms with Crippen LogP contribution >= 0.6 is 11.3 Å². The molecular formula is C12H13NO4S. The van der Waals surface area contributed by atoms with Crippen molar-refractivity contribution in [2.75, 3.05) is 6.61 Å². The molecule has 0 radical (unpaired) electrons. The number of pyridine rings is 1. The molecule has 0 atom stereocenters. The quantitative estimate of drug-likeness (QED) is 0.657. The van der Waals surface area contributed by atoms with Crippen LogP contribution in [0.15, 0.2) is 12.3 Å². The minimum Gasteiger partial charge on any atom is -0.503 e. The van der Waals surface area contributed by atoms with Crippen LogP contribution in [0.3, 0.4) is 0 Å². The molecule has 0 aliphatic rings. The summed E-state index contributed by atoms with van der Waals surface area (Å²) in [6.45, 7) is 2.38. The van der Waals surface area contributed by atoms with Crippen molar-refractivity contribution in [2.24, 2.45) is 0 Å². The summed E-state index contributed by atoms with van der Waals surface area (Å²) in [6, 6.07) is 1.51. The molecule has 0 aliphatic carbocycles. The van der Waals surface area contributed by atoms with Gasteiger partial charge in [-0.15, -0.1) is 0 Å². The van der Waals surface area contributed by atoms with Crippen LogP contribution in [-0.2, 0) is 4.74 Å². The molecule has 0 aliphatic heterocycles. The second-order valence-corrected chi connectivity index (χ2v) is 4.84. The maximum atomic E-state index is 11.6. The summed E-state index contributed by atoms with van der Waals surface area (Å²) in [5.74, 6) is -0.689. The Bertz CT molecular complexity index is 579. The monoisotopic (exact) mass is 267 g/mol. The number of fused-ring (bicyclic) bond motifs is 1. The van der Waals surface area contributed by atoms with Crippen LogP contribution in [-0.4, -0.2) is 27.8 Å². The molecule has 2 heterocycles. The summed E-state index contributed by atoms with van der Waals surface area (Å²) in [5, 5.41) is 19.1. The summed E-state index contributed by atoms with van der Waals surface area (Å²) < 4.78 is 5.63. The van der Waals surface area contributed by atoms with E-state index < -0.39 is 5.97 Å². The van der Waals surface area contributed by atoms with Crippen LogP contribution in [0.2, 0.25) is 0 Å². The highest BCUT2D eigenvalue weighted by atomic mass is 32.1. The summed E-state index contributed by atoms with van der Waals surface area (Å²) in [6.07, 6.45) is 3.12. The number of unbranched alkanes of at least 4 members (excludes halogenated alkanes) is 1. The molecule has 2 rings (SSSR count). The first kappa shape index (κ1) is 12.6. The average Bonchev–Trinajstić information content (AvgIpc) is 2.65. The van der Waals surface area contributed by atoms with Gasteiger partial charge in [-0.05, 0) is 12.5 Å². The highest BCUT2D eigenvalue weighted by Crippen LogP contribution is 2.41. The third kappa shape index (κ3) is 2.38. The smallest absolute Gasteiger partial charge is 0.356 e. The van der Waals surface area contributed by atoms with E-state index in [-0.39, 0.29) is 16.5 Å². The van der Waals surface area contributed by atoms with Gasteiger partial charge < -0.3 is 14.9 Å². The molecule has 0 unspecified atom stereocenters. The van der Waals surface area contributed by atoms with E-state index in [9.17, 15) is 15.0 Å². The Morgan fingerprint density at radius 1 is 1.50 bits per heavy atom. The highest BCUT2D eigenvalue weighted by molar-refractivity contribution is 7.21. The van der Waals surface area contributed by atoms with Gasteiger partial charge in [0, 0.05) is 10.9 Å². The third-order valence-electron chi connectivity index (χ3n) is 2.47. The zero-order valence-corrected chi connectivity index (χ0v) is 10.7. The second-order valence-electron chi connectivity index (χ2n) is 3.81. The lowest BCUT2D eigenvalue weighted by atomic mass is 10.3. The number of esters is 1. The van der Waals surface area contributed by atoms with E-state index >= 15 is 0 Å². The Labute approximate surface area is 108 Å². The summed E-state index contributed by atoms with van der Waals surface area (Å²) in [4.78, 5) is 15.6. The second kappa shape index (κ2) is 5.22. The van der Waals surface area contributed by atoms with E-state index in [1.54, 1.807) is 0 Å². The van der Waals surface area contributed by atoms with Crippen molar-refractivity contribution in [3.63, 3.8) is 0 Å². The number of rotatable bonds is 4. The Balaban J connectivity index is 2.22. The molecule has 0 aromatic carbocycles. The Morgan fingerprint density at radius 2 is 2.28 bits per heavy atom. The zero-order valence-electron chi connectivity index (χ0n) is 9.84. The maximum absolute atomic E-state index is 11.6. The zero-order chi connectivity index (χ0) is 13.1. The van der Waals surface area contributed by atoms with Crippen molar-refractivity contribution in [3.8, 4) is 10.8 Å². The number of carbonyl (C=O) groups excluding carboxylic acids is 1.